The minimum absolute atomic E-state index is 0.164. The van der Waals surface area contributed by atoms with Gasteiger partial charge in [-0.15, -0.1) is 0 Å². The van der Waals surface area contributed by atoms with Crippen molar-refractivity contribution in [3.8, 4) is 0 Å². The molecule has 1 atom stereocenters. The summed E-state index contributed by atoms with van der Waals surface area (Å²) in [6, 6.07) is 4.91. The van der Waals surface area contributed by atoms with E-state index in [2.05, 4.69) is 22.9 Å². The fourth-order valence-electron chi connectivity index (χ4n) is 2.72. The molecule has 0 aromatic heterocycles. The minimum Gasteiger partial charge on any atom is -0.336 e. The Kier molecular flexibility index (Phi) is 4.97. The molecule has 104 valence electrons. The Bertz CT molecular complexity index is 461. The quantitative estimate of drug-likeness (QED) is 0.806. The van der Waals surface area contributed by atoms with E-state index in [1.165, 1.54) is 6.07 Å². The Labute approximate surface area is 122 Å². The molecular weight excluding hydrogens is 309 g/mol. The highest BCUT2D eigenvalue weighted by molar-refractivity contribution is 9.10. The van der Waals surface area contributed by atoms with Gasteiger partial charge >= 0.3 is 0 Å². The summed E-state index contributed by atoms with van der Waals surface area (Å²) in [5, 5.41) is 0. The summed E-state index contributed by atoms with van der Waals surface area (Å²) < 4.78 is 14.5. The number of halogens is 2. The number of piperidine rings is 1. The highest BCUT2D eigenvalue weighted by Crippen LogP contribution is 2.24. The molecule has 1 unspecified atom stereocenters. The van der Waals surface area contributed by atoms with Crippen LogP contribution in [0.2, 0.25) is 0 Å². The van der Waals surface area contributed by atoms with Crippen LogP contribution in [0.25, 0.3) is 0 Å². The first-order valence-electron chi connectivity index (χ1n) is 6.89. The van der Waals surface area contributed by atoms with E-state index < -0.39 is 5.82 Å². The van der Waals surface area contributed by atoms with Gasteiger partial charge in [0.2, 0.25) is 0 Å². The Hall–Kier alpha value is -0.900. The maximum absolute atomic E-state index is 13.9. The molecule has 0 radical (unpaired) electrons. The standard InChI is InChI=1S/C15H19BrFNO/c1-2-5-12-6-3-4-9-18(12)15(19)13-8-7-11(16)10-14(13)17/h7-8,10,12H,2-6,9H2,1H3. The number of hydrogen-bond acceptors (Lipinski definition) is 1. The van der Waals surface area contributed by atoms with Crippen molar-refractivity contribution in [2.45, 2.75) is 45.1 Å². The Morgan fingerprint density at radius 3 is 2.95 bits per heavy atom. The number of rotatable bonds is 3. The van der Waals surface area contributed by atoms with Crippen LogP contribution in [-0.2, 0) is 0 Å². The van der Waals surface area contributed by atoms with Gasteiger partial charge in [-0.1, -0.05) is 29.3 Å². The van der Waals surface area contributed by atoms with Gasteiger partial charge in [-0.25, -0.2) is 4.39 Å². The molecule has 4 heteroatoms. The zero-order chi connectivity index (χ0) is 13.8. The van der Waals surface area contributed by atoms with Gasteiger partial charge in [-0.05, 0) is 43.9 Å². The van der Waals surface area contributed by atoms with Gasteiger partial charge in [0.15, 0.2) is 0 Å². The predicted molar refractivity (Wildman–Crippen MR) is 77.7 cm³/mol. The van der Waals surface area contributed by atoms with Crippen molar-refractivity contribution < 1.29 is 9.18 Å². The second kappa shape index (κ2) is 6.51. The van der Waals surface area contributed by atoms with E-state index in [0.717, 1.165) is 38.6 Å². The van der Waals surface area contributed by atoms with Gasteiger partial charge in [0.05, 0.1) is 5.56 Å². The predicted octanol–water partition coefficient (Wildman–Crippen LogP) is 4.38. The molecule has 1 aromatic rings. The molecule has 1 heterocycles. The maximum atomic E-state index is 13.9. The van der Waals surface area contributed by atoms with E-state index in [1.54, 1.807) is 12.1 Å². The number of likely N-dealkylation sites (tertiary alicyclic amines) is 1. The molecule has 0 aliphatic carbocycles. The summed E-state index contributed by atoms with van der Waals surface area (Å²) in [5.41, 5.74) is 0.186. The number of carbonyl (C=O) groups excluding carboxylic acids is 1. The average molecular weight is 328 g/mol. The van der Waals surface area contributed by atoms with Crippen LogP contribution in [0, 0.1) is 5.82 Å². The van der Waals surface area contributed by atoms with Crippen LogP contribution in [0.1, 0.15) is 49.4 Å². The fourth-order valence-corrected chi connectivity index (χ4v) is 3.05. The molecule has 19 heavy (non-hydrogen) atoms. The average Bonchev–Trinajstić information content (AvgIpc) is 2.39. The van der Waals surface area contributed by atoms with E-state index in [9.17, 15) is 9.18 Å². The van der Waals surface area contributed by atoms with Crippen molar-refractivity contribution in [3.63, 3.8) is 0 Å². The van der Waals surface area contributed by atoms with Crippen molar-refractivity contribution in [2.24, 2.45) is 0 Å². The van der Waals surface area contributed by atoms with Gasteiger partial charge in [0.1, 0.15) is 5.82 Å². The lowest BCUT2D eigenvalue weighted by Gasteiger charge is -2.36. The zero-order valence-corrected chi connectivity index (χ0v) is 12.7. The van der Waals surface area contributed by atoms with Crippen LogP contribution in [0.3, 0.4) is 0 Å². The molecule has 1 aromatic carbocycles. The maximum Gasteiger partial charge on any atom is 0.257 e. The SMILES string of the molecule is CCCC1CCCCN1C(=O)c1ccc(Br)cc1F. The molecule has 1 amide bonds. The molecule has 2 nitrogen and oxygen atoms in total. The van der Waals surface area contributed by atoms with E-state index in [-0.39, 0.29) is 17.5 Å². The largest absolute Gasteiger partial charge is 0.336 e. The minimum atomic E-state index is -0.444. The van der Waals surface area contributed by atoms with E-state index in [4.69, 9.17) is 0 Å². The van der Waals surface area contributed by atoms with Crippen LogP contribution in [0.5, 0.6) is 0 Å². The topological polar surface area (TPSA) is 20.3 Å². The highest BCUT2D eigenvalue weighted by Gasteiger charge is 2.28. The number of carbonyl (C=O) groups is 1. The number of hydrogen-bond donors (Lipinski definition) is 0. The summed E-state index contributed by atoms with van der Waals surface area (Å²) >= 11 is 3.21. The molecule has 0 N–H and O–H groups in total. The van der Waals surface area contributed by atoms with Crippen LogP contribution < -0.4 is 0 Å². The first-order chi connectivity index (χ1) is 9.13. The second-order valence-corrected chi connectivity index (χ2v) is 5.98. The Balaban J connectivity index is 2.21. The van der Waals surface area contributed by atoms with E-state index >= 15 is 0 Å². The lowest BCUT2D eigenvalue weighted by atomic mass is 9.97. The molecular formula is C15H19BrFNO. The van der Waals surface area contributed by atoms with Crippen molar-refractivity contribution >= 4 is 21.8 Å². The van der Waals surface area contributed by atoms with Crippen LogP contribution in [-0.4, -0.2) is 23.4 Å². The monoisotopic (exact) mass is 327 g/mol. The number of nitrogens with zero attached hydrogens (tertiary/aromatic N) is 1. The third kappa shape index (κ3) is 3.35. The molecule has 0 bridgehead atoms. The van der Waals surface area contributed by atoms with E-state index in [0.29, 0.717) is 4.47 Å². The number of amides is 1. The summed E-state index contributed by atoms with van der Waals surface area (Å²) in [6.45, 7) is 2.87. The molecule has 0 saturated carbocycles. The molecule has 1 aliphatic rings. The van der Waals surface area contributed by atoms with Crippen molar-refractivity contribution in [1.29, 1.82) is 0 Å². The lowest BCUT2D eigenvalue weighted by molar-refractivity contribution is 0.0596. The third-order valence-corrected chi connectivity index (χ3v) is 4.16. The lowest BCUT2D eigenvalue weighted by Crippen LogP contribution is -2.43. The van der Waals surface area contributed by atoms with Crippen LogP contribution >= 0.6 is 15.9 Å². The van der Waals surface area contributed by atoms with Crippen LogP contribution in [0.4, 0.5) is 4.39 Å². The van der Waals surface area contributed by atoms with E-state index in [1.807, 2.05) is 4.90 Å². The Morgan fingerprint density at radius 1 is 1.47 bits per heavy atom. The number of benzene rings is 1. The molecule has 2 rings (SSSR count). The summed E-state index contributed by atoms with van der Waals surface area (Å²) in [5.74, 6) is -0.608. The Morgan fingerprint density at radius 2 is 2.26 bits per heavy atom. The van der Waals surface area contributed by atoms with Crippen molar-refractivity contribution in [2.75, 3.05) is 6.54 Å². The fraction of sp³-hybridized carbons (Fsp3) is 0.533. The third-order valence-electron chi connectivity index (χ3n) is 3.67. The molecule has 1 aliphatic heterocycles. The zero-order valence-electron chi connectivity index (χ0n) is 11.2. The van der Waals surface area contributed by atoms with Crippen LogP contribution in [0.15, 0.2) is 22.7 Å². The summed E-state index contributed by atoms with van der Waals surface area (Å²) in [6.07, 6.45) is 5.28. The summed E-state index contributed by atoms with van der Waals surface area (Å²) in [7, 11) is 0. The molecule has 0 spiro atoms. The van der Waals surface area contributed by atoms with Gasteiger partial charge in [0.25, 0.3) is 5.91 Å². The smallest absolute Gasteiger partial charge is 0.257 e. The van der Waals surface area contributed by atoms with Gasteiger partial charge in [-0.2, -0.15) is 0 Å². The molecule has 1 fully saturated rings. The summed E-state index contributed by atoms with van der Waals surface area (Å²) in [4.78, 5) is 14.3. The van der Waals surface area contributed by atoms with Crippen molar-refractivity contribution in [1.82, 2.24) is 4.90 Å². The van der Waals surface area contributed by atoms with Gasteiger partial charge in [0, 0.05) is 17.1 Å². The highest BCUT2D eigenvalue weighted by atomic mass is 79.9. The second-order valence-electron chi connectivity index (χ2n) is 5.06. The van der Waals surface area contributed by atoms with Crippen molar-refractivity contribution in [3.05, 3.63) is 34.1 Å². The normalized spacial score (nSPS) is 19.5. The first kappa shape index (κ1) is 14.5. The molecule has 1 saturated heterocycles. The first-order valence-corrected chi connectivity index (χ1v) is 7.68. The van der Waals surface area contributed by atoms with Gasteiger partial charge < -0.3 is 4.90 Å². The van der Waals surface area contributed by atoms with Gasteiger partial charge in [-0.3, -0.25) is 4.79 Å².